The summed E-state index contributed by atoms with van der Waals surface area (Å²) in [6.45, 7) is 5.12. The third kappa shape index (κ3) is 4.01. The topological polar surface area (TPSA) is 67.8 Å². The number of esters is 1. The number of ketones is 1. The van der Waals surface area contributed by atoms with Gasteiger partial charge in [0.2, 0.25) is 0 Å². The molecule has 0 aliphatic rings. The lowest BCUT2D eigenvalue weighted by Gasteiger charge is -2.03. The van der Waals surface area contributed by atoms with Crippen molar-refractivity contribution in [1.82, 2.24) is 0 Å². The first-order chi connectivity index (χ1) is 8.54. The molecule has 0 radical (unpaired) electrons. The summed E-state index contributed by atoms with van der Waals surface area (Å²) >= 11 is 0. The molecule has 0 aliphatic heterocycles. The Balaban J connectivity index is 2.65. The molecule has 5 nitrogen and oxygen atoms in total. The molecule has 0 fully saturated rings. The average Bonchev–Trinajstić information content (AvgIpc) is 2.36. The molecule has 5 heteroatoms. The summed E-state index contributed by atoms with van der Waals surface area (Å²) in [5, 5.41) is 3.89. The maximum atomic E-state index is 11.3. The molecule has 0 bridgehead atoms. The van der Waals surface area contributed by atoms with Crippen LogP contribution in [-0.4, -0.2) is 24.1 Å². The van der Waals surface area contributed by atoms with Crippen LogP contribution in [0.15, 0.2) is 29.4 Å². The molecule has 18 heavy (non-hydrogen) atoms. The molecular weight excluding hydrogens is 232 g/mol. The van der Waals surface area contributed by atoms with E-state index in [1.54, 1.807) is 38.1 Å². The number of carbonyl (C=O) groups excluding carboxylic acids is 2. The zero-order valence-corrected chi connectivity index (χ0v) is 10.7. The fourth-order valence-electron chi connectivity index (χ4n) is 1.21. The van der Waals surface area contributed by atoms with Gasteiger partial charge in [-0.1, -0.05) is 0 Å². The van der Waals surface area contributed by atoms with Crippen molar-refractivity contribution in [3.63, 3.8) is 0 Å². The number of nitrogens with zero attached hydrogens (tertiary/aromatic N) is 1. The fourth-order valence-corrected chi connectivity index (χ4v) is 1.21. The van der Waals surface area contributed by atoms with Gasteiger partial charge in [0, 0.05) is 5.56 Å². The van der Waals surface area contributed by atoms with E-state index in [9.17, 15) is 9.59 Å². The number of carbonyl (C=O) groups is 2. The highest BCUT2D eigenvalue weighted by Crippen LogP contribution is 2.09. The number of anilines is 1. The van der Waals surface area contributed by atoms with E-state index < -0.39 is 5.97 Å². The number of ether oxygens (including phenoxy) is 1. The monoisotopic (exact) mass is 248 g/mol. The van der Waals surface area contributed by atoms with Crippen LogP contribution in [0.5, 0.6) is 0 Å². The Bertz CT molecular complexity index is 464. The Hall–Kier alpha value is -2.17. The van der Waals surface area contributed by atoms with Crippen molar-refractivity contribution in [3.05, 3.63) is 29.8 Å². The summed E-state index contributed by atoms with van der Waals surface area (Å²) in [7, 11) is 0. The average molecular weight is 248 g/mol. The van der Waals surface area contributed by atoms with Crippen molar-refractivity contribution in [1.29, 1.82) is 0 Å². The van der Waals surface area contributed by atoms with Crippen molar-refractivity contribution >= 4 is 23.2 Å². The van der Waals surface area contributed by atoms with Gasteiger partial charge in [0.15, 0.2) is 5.78 Å². The second-order valence-corrected chi connectivity index (χ2v) is 3.66. The van der Waals surface area contributed by atoms with Crippen LogP contribution < -0.4 is 5.43 Å². The van der Waals surface area contributed by atoms with Gasteiger partial charge in [0.1, 0.15) is 5.71 Å². The van der Waals surface area contributed by atoms with E-state index in [4.69, 9.17) is 4.74 Å². The number of hydrogen-bond acceptors (Lipinski definition) is 5. The van der Waals surface area contributed by atoms with Gasteiger partial charge in [-0.3, -0.25) is 10.2 Å². The van der Waals surface area contributed by atoms with Crippen molar-refractivity contribution in [2.45, 2.75) is 20.8 Å². The van der Waals surface area contributed by atoms with E-state index in [0.717, 1.165) is 0 Å². The van der Waals surface area contributed by atoms with Gasteiger partial charge in [0.25, 0.3) is 0 Å². The lowest BCUT2D eigenvalue weighted by molar-refractivity contribution is -0.135. The maximum Gasteiger partial charge on any atom is 0.354 e. The molecule has 1 rings (SSSR count). The van der Waals surface area contributed by atoms with Gasteiger partial charge in [-0.05, 0) is 45.0 Å². The number of hydrogen-bond donors (Lipinski definition) is 1. The van der Waals surface area contributed by atoms with Gasteiger partial charge < -0.3 is 4.74 Å². The van der Waals surface area contributed by atoms with Crippen molar-refractivity contribution in [2.24, 2.45) is 5.10 Å². The molecule has 0 amide bonds. The summed E-state index contributed by atoms with van der Waals surface area (Å²) in [4.78, 5) is 22.3. The highest BCUT2D eigenvalue weighted by molar-refractivity contribution is 6.35. The maximum absolute atomic E-state index is 11.3. The Morgan fingerprint density at radius 2 is 1.83 bits per heavy atom. The number of nitrogens with one attached hydrogen (secondary N) is 1. The minimum absolute atomic E-state index is 0.00718. The Morgan fingerprint density at radius 3 is 2.33 bits per heavy atom. The first-order valence-corrected chi connectivity index (χ1v) is 5.63. The molecule has 0 unspecified atom stereocenters. The smallest absolute Gasteiger partial charge is 0.354 e. The van der Waals surface area contributed by atoms with E-state index >= 15 is 0 Å². The Morgan fingerprint density at radius 1 is 1.22 bits per heavy atom. The third-order valence-corrected chi connectivity index (χ3v) is 2.21. The molecule has 0 atom stereocenters. The van der Waals surface area contributed by atoms with Gasteiger partial charge in [0.05, 0.1) is 12.3 Å². The second kappa shape index (κ2) is 6.54. The van der Waals surface area contributed by atoms with Gasteiger partial charge in [-0.15, -0.1) is 0 Å². The number of hydrazone groups is 1. The number of Topliss-reactive ketones (excluding diaryl/α,β-unsaturated/α-hetero) is 1. The van der Waals surface area contributed by atoms with Crippen molar-refractivity contribution < 1.29 is 14.3 Å². The molecule has 1 aromatic rings. The van der Waals surface area contributed by atoms with Crippen LogP contribution in [0.25, 0.3) is 0 Å². The normalized spacial score (nSPS) is 10.9. The molecular formula is C13H16N2O3. The van der Waals surface area contributed by atoms with E-state index in [1.807, 2.05) is 0 Å². The van der Waals surface area contributed by atoms with Crippen LogP contribution in [-0.2, 0) is 9.53 Å². The highest BCUT2D eigenvalue weighted by atomic mass is 16.5. The van der Waals surface area contributed by atoms with Crippen LogP contribution in [0.2, 0.25) is 0 Å². The van der Waals surface area contributed by atoms with E-state index in [0.29, 0.717) is 17.9 Å². The van der Waals surface area contributed by atoms with Crippen LogP contribution >= 0.6 is 0 Å². The Labute approximate surface area is 106 Å². The minimum Gasteiger partial charge on any atom is -0.461 e. The molecule has 96 valence electrons. The number of rotatable bonds is 5. The molecule has 1 N–H and O–H groups in total. The van der Waals surface area contributed by atoms with Crippen molar-refractivity contribution in [3.8, 4) is 0 Å². The SMILES string of the molecule is CCOC(=O)C(C)=NNc1ccc(C(C)=O)cc1. The number of benzene rings is 1. The van der Waals surface area contributed by atoms with E-state index in [-0.39, 0.29) is 11.5 Å². The second-order valence-electron chi connectivity index (χ2n) is 3.66. The molecule has 0 spiro atoms. The van der Waals surface area contributed by atoms with Gasteiger partial charge in [-0.2, -0.15) is 5.10 Å². The zero-order chi connectivity index (χ0) is 13.5. The lowest BCUT2D eigenvalue weighted by Crippen LogP contribution is -2.15. The van der Waals surface area contributed by atoms with Crippen molar-refractivity contribution in [2.75, 3.05) is 12.0 Å². The van der Waals surface area contributed by atoms with E-state index in [1.165, 1.54) is 6.92 Å². The summed E-state index contributed by atoms with van der Waals surface area (Å²) in [5.74, 6) is -0.446. The lowest BCUT2D eigenvalue weighted by atomic mass is 10.1. The largest absolute Gasteiger partial charge is 0.461 e. The summed E-state index contributed by atoms with van der Waals surface area (Å²) < 4.78 is 4.79. The third-order valence-electron chi connectivity index (χ3n) is 2.21. The molecule has 1 aromatic carbocycles. The zero-order valence-electron chi connectivity index (χ0n) is 10.7. The Kier molecular flexibility index (Phi) is 5.05. The molecule has 0 saturated heterocycles. The molecule has 0 aliphatic carbocycles. The van der Waals surface area contributed by atoms with E-state index in [2.05, 4.69) is 10.5 Å². The standard InChI is InChI=1S/C13H16N2O3/c1-4-18-13(17)9(2)14-15-12-7-5-11(6-8-12)10(3)16/h5-8,15H,4H2,1-3H3. The predicted octanol–water partition coefficient (Wildman–Crippen LogP) is 2.24. The molecule has 0 saturated carbocycles. The summed E-state index contributed by atoms with van der Waals surface area (Å²) in [5.41, 5.74) is 4.30. The molecule has 0 aromatic heterocycles. The van der Waals surface area contributed by atoms with Crippen LogP contribution in [0.4, 0.5) is 5.69 Å². The first kappa shape index (κ1) is 13.9. The fraction of sp³-hybridized carbons (Fsp3) is 0.308. The first-order valence-electron chi connectivity index (χ1n) is 5.63. The minimum atomic E-state index is -0.453. The van der Waals surface area contributed by atoms with Crippen LogP contribution in [0, 0.1) is 0 Å². The summed E-state index contributed by atoms with van der Waals surface area (Å²) in [6, 6.07) is 6.83. The quantitative estimate of drug-likeness (QED) is 0.375. The molecule has 0 heterocycles. The van der Waals surface area contributed by atoms with Gasteiger partial charge >= 0.3 is 5.97 Å². The van der Waals surface area contributed by atoms with Gasteiger partial charge in [-0.25, -0.2) is 4.79 Å². The predicted molar refractivity (Wildman–Crippen MR) is 69.8 cm³/mol. The summed E-state index contributed by atoms with van der Waals surface area (Å²) in [6.07, 6.45) is 0. The highest BCUT2D eigenvalue weighted by Gasteiger charge is 2.05. The van der Waals surface area contributed by atoms with Crippen LogP contribution in [0.1, 0.15) is 31.1 Å². The van der Waals surface area contributed by atoms with Crippen LogP contribution in [0.3, 0.4) is 0 Å².